The minimum atomic E-state index is 0.917. The Kier molecular flexibility index (Phi) is 3.58. The fourth-order valence-electron chi connectivity index (χ4n) is 4.50. The van der Waals surface area contributed by atoms with E-state index in [0.29, 0.717) is 0 Å². The van der Waals surface area contributed by atoms with E-state index in [2.05, 4.69) is 64.1 Å². The molecule has 0 N–H and O–H groups in total. The zero-order valence-electron chi connectivity index (χ0n) is 16.4. The van der Waals surface area contributed by atoms with Crippen molar-refractivity contribution in [1.29, 1.82) is 0 Å². The Morgan fingerprint density at radius 2 is 1.22 bits per heavy atom. The highest BCUT2D eigenvalue weighted by molar-refractivity contribution is 6.19. The molecular weight excluding hydrogens is 332 g/mol. The fourth-order valence-corrected chi connectivity index (χ4v) is 4.50. The summed E-state index contributed by atoms with van der Waals surface area (Å²) in [5, 5.41) is 4.89. The van der Waals surface area contributed by atoms with Gasteiger partial charge in [0.05, 0.1) is 0 Å². The van der Waals surface area contributed by atoms with Crippen LogP contribution in [0.3, 0.4) is 0 Å². The monoisotopic (exact) mass is 356 g/mol. The number of aryl methyl sites for hydroxylation is 4. The summed E-state index contributed by atoms with van der Waals surface area (Å²) in [7, 11) is 0. The molecule has 5 aromatic rings. The first kappa shape index (κ1) is 16.4. The van der Waals surface area contributed by atoms with Crippen LogP contribution in [0.5, 0.6) is 0 Å². The number of benzene rings is 3. The Morgan fingerprint density at radius 1 is 0.667 bits per heavy atom. The van der Waals surface area contributed by atoms with Crippen LogP contribution in [0.1, 0.15) is 43.0 Å². The van der Waals surface area contributed by atoms with Crippen LogP contribution < -0.4 is 0 Å². The normalized spacial score (nSPS) is 12.1. The Morgan fingerprint density at radius 3 is 1.78 bits per heavy atom. The molecule has 0 bridgehead atoms. The Balaban J connectivity index is 2.08. The van der Waals surface area contributed by atoms with Crippen molar-refractivity contribution in [3.05, 3.63) is 58.7 Å². The first-order valence-electron chi connectivity index (χ1n) is 9.97. The lowest BCUT2D eigenvalue weighted by Gasteiger charge is -2.07. The summed E-state index contributed by atoms with van der Waals surface area (Å²) < 4.78 is 12.8. The van der Waals surface area contributed by atoms with Crippen molar-refractivity contribution in [2.75, 3.05) is 0 Å². The van der Waals surface area contributed by atoms with E-state index in [1.54, 1.807) is 0 Å². The largest absolute Gasteiger partial charge is 0.456 e. The third-order valence-corrected chi connectivity index (χ3v) is 5.86. The molecule has 0 radical (unpaired) electrons. The average molecular weight is 356 g/mol. The van der Waals surface area contributed by atoms with Crippen LogP contribution in [0.25, 0.3) is 43.9 Å². The summed E-state index contributed by atoms with van der Waals surface area (Å²) in [6.45, 7) is 8.75. The molecule has 0 aliphatic heterocycles. The van der Waals surface area contributed by atoms with Crippen LogP contribution >= 0.6 is 0 Å². The van der Waals surface area contributed by atoms with Gasteiger partial charge in [-0.1, -0.05) is 38.5 Å². The number of furan rings is 2. The molecule has 136 valence electrons. The first-order valence-corrected chi connectivity index (χ1v) is 9.97. The summed E-state index contributed by atoms with van der Waals surface area (Å²) in [4.78, 5) is 0. The van der Waals surface area contributed by atoms with Crippen molar-refractivity contribution in [3.8, 4) is 0 Å². The predicted octanol–water partition coefficient (Wildman–Crippen LogP) is 7.48. The van der Waals surface area contributed by atoms with E-state index < -0.39 is 0 Å². The Labute approximate surface area is 158 Å². The van der Waals surface area contributed by atoms with Crippen LogP contribution in [0, 0.1) is 6.92 Å². The quantitative estimate of drug-likeness (QED) is 0.335. The minimum absolute atomic E-state index is 0.917. The second kappa shape index (κ2) is 5.88. The molecule has 0 saturated carbocycles. The second-order valence-corrected chi connectivity index (χ2v) is 7.46. The minimum Gasteiger partial charge on any atom is -0.456 e. The van der Waals surface area contributed by atoms with Gasteiger partial charge in [-0.3, -0.25) is 0 Å². The van der Waals surface area contributed by atoms with Crippen molar-refractivity contribution in [2.24, 2.45) is 0 Å². The van der Waals surface area contributed by atoms with Gasteiger partial charge in [0.25, 0.3) is 0 Å². The molecule has 27 heavy (non-hydrogen) atoms. The van der Waals surface area contributed by atoms with E-state index in [1.165, 1.54) is 43.8 Å². The highest BCUT2D eigenvalue weighted by atomic mass is 16.3. The van der Waals surface area contributed by atoms with Crippen molar-refractivity contribution < 1.29 is 8.83 Å². The van der Waals surface area contributed by atoms with E-state index in [1.807, 2.05) is 0 Å². The Hall–Kier alpha value is -2.74. The van der Waals surface area contributed by atoms with Gasteiger partial charge in [0, 0.05) is 32.7 Å². The van der Waals surface area contributed by atoms with Crippen molar-refractivity contribution in [2.45, 2.75) is 47.0 Å². The number of hydrogen-bond acceptors (Lipinski definition) is 2. The zero-order valence-corrected chi connectivity index (χ0v) is 16.4. The maximum atomic E-state index is 6.43. The van der Waals surface area contributed by atoms with Crippen LogP contribution in [0.15, 0.2) is 45.2 Å². The Bertz CT molecular complexity index is 1330. The molecule has 5 rings (SSSR count). The van der Waals surface area contributed by atoms with Gasteiger partial charge in [-0.25, -0.2) is 0 Å². The standard InChI is InChI=1S/C25H24O2/c1-5-15-9-11-21-19(13-15)23-17(7-3)24-22(16(6-2)25(23)27-21)18-12-14(4)8-10-20(18)26-24/h8-13H,5-7H2,1-4H3. The van der Waals surface area contributed by atoms with E-state index in [4.69, 9.17) is 8.83 Å². The molecule has 2 heterocycles. The average Bonchev–Trinajstić information content (AvgIpc) is 3.24. The van der Waals surface area contributed by atoms with E-state index in [9.17, 15) is 0 Å². The third-order valence-electron chi connectivity index (χ3n) is 5.86. The van der Waals surface area contributed by atoms with E-state index >= 15 is 0 Å². The van der Waals surface area contributed by atoms with Crippen LogP contribution in [-0.2, 0) is 19.3 Å². The fraction of sp³-hybridized carbons (Fsp3) is 0.280. The highest BCUT2D eigenvalue weighted by Crippen LogP contribution is 2.43. The smallest absolute Gasteiger partial charge is 0.139 e. The molecule has 0 aliphatic carbocycles. The molecule has 2 heteroatoms. The molecule has 2 nitrogen and oxygen atoms in total. The van der Waals surface area contributed by atoms with Gasteiger partial charge in [0.15, 0.2) is 0 Å². The SMILES string of the molecule is CCc1ccc2oc3c(CC)c4c(oc5ccc(C)cc54)c(CC)c3c2c1. The van der Waals surface area contributed by atoms with E-state index in [0.717, 1.165) is 41.6 Å². The van der Waals surface area contributed by atoms with Gasteiger partial charge >= 0.3 is 0 Å². The molecule has 2 aromatic heterocycles. The summed E-state index contributed by atoms with van der Waals surface area (Å²) in [5.41, 5.74) is 9.12. The maximum absolute atomic E-state index is 6.43. The molecule has 0 saturated heterocycles. The topological polar surface area (TPSA) is 26.3 Å². The number of rotatable bonds is 3. The van der Waals surface area contributed by atoms with Gasteiger partial charge in [0.2, 0.25) is 0 Å². The third kappa shape index (κ3) is 2.19. The summed E-state index contributed by atoms with van der Waals surface area (Å²) in [5.74, 6) is 0. The summed E-state index contributed by atoms with van der Waals surface area (Å²) in [6, 6.07) is 13.0. The summed E-state index contributed by atoms with van der Waals surface area (Å²) in [6.07, 6.45) is 2.86. The first-order chi connectivity index (χ1) is 13.2. The zero-order chi connectivity index (χ0) is 18.7. The van der Waals surface area contributed by atoms with Gasteiger partial charge in [-0.15, -0.1) is 0 Å². The molecule has 0 amide bonds. The number of fused-ring (bicyclic) bond motifs is 6. The lowest BCUT2D eigenvalue weighted by molar-refractivity contribution is 0.656. The van der Waals surface area contributed by atoms with Crippen molar-refractivity contribution in [3.63, 3.8) is 0 Å². The molecule has 0 fully saturated rings. The lowest BCUT2D eigenvalue weighted by atomic mass is 9.94. The number of hydrogen-bond donors (Lipinski definition) is 0. The summed E-state index contributed by atoms with van der Waals surface area (Å²) >= 11 is 0. The second-order valence-electron chi connectivity index (χ2n) is 7.46. The molecule has 0 aliphatic rings. The van der Waals surface area contributed by atoms with Crippen LogP contribution in [0.2, 0.25) is 0 Å². The molecule has 0 atom stereocenters. The van der Waals surface area contributed by atoms with Gasteiger partial charge in [-0.05, 0) is 56.0 Å². The molecule has 0 unspecified atom stereocenters. The van der Waals surface area contributed by atoms with Crippen LogP contribution in [-0.4, -0.2) is 0 Å². The van der Waals surface area contributed by atoms with Gasteiger partial charge in [-0.2, -0.15) is 0 Å². The van der Waals surface area contributed by atoms with Gasteiger partial charge < -0.3 is 8.83 Å². The maximum Gasteiger partial charge on any atom is 0.139 e. The lowest BCUT2D eigenvalue weighted by Crippen LogP contribution is -1.90. The molecular formula is C25H24O2. The van der Waals surface area contributed by atoms with Crippen molar-refractivity contribution in [1.82, 2.24) is 0 Å². The van der Waals surface area contributed by atoms with Gasteiger partial charge in [0.1, 0.15) is 22.3 Å². The van der Waals surface area contributed by atoms with E-state index in [-0.39, 0.29) is 0 Å². The molecule has 3 aromatic carbocycles. The van der Waals surface area contributed by atoms with Crippen molar-refractivity contribution >= 4 is 43.9 Å². The highest BCUT2D eigenvalue weighted by Gasteiger charge is 2.23. The van der Waals surface area contributed by atoms with Crippen LogP contribution in [0.4, 0.5) is 0 Å². The molecule has 0 spiro atoms. The predicted molar refractivity (Wildman–Crippen MR) is 114 cm³/mol.